The highest BCUT2D eigenvalue weighted by molar-refractivity contribution is 7.22. The summed E-state index contributed by atoms with van der Waals surface area (Å²) >= 11 is 1.31. The van der Waals surface area contributed by atoms with Crippen LogP contribution in [0.4, 0.5) is 5.13 Å². The van der Waals surface area contributed by atoms with E-state index in [9.17, 15) is 14.7 Å². The van der Waals surface area contributed by atoms with E-state index in [-0.39, 0.29) is 11.3 Å². The minimum atomic E-state index is -0.902. The maximum atomic E-state index is 13.3. The first-order valence-electron chi connectivity index (χ1n) is 10.5. The van der Waals surface area contributed by atoms with Crippen LogP contribution in [0.25, 0.3) is 16.0 Å². The molecule has 0 saturated carbocycles. The molecule has 1 amide bonds. The standard InChI is InChI=1S/C26H20N2O5S/c1-32-18-13-12-16(14-19(18)33-2)22-21(23(29)15-8-4-3-5-9-15)24(30)25(31)28(22)26-27-17-10-6-7-11-20(17)34-26/h3-14,22,29H,1-2H3/t22-/m1/s1. The second-order valence-corrected chi connectivity index (χ2v) is 8.62. The van der Waals surface area contributed by atoms with Crippen LogP contribution in [0.3, 0.4) is 0 Å². The number of para-hydroxylation sites is 1. The number of aliphatic hydroxyl groups excluding tert-OH is 1. The lowest BCUT2D eigenvalue weighted by atomic mass is 9.95. The average Bonchev–Trinajstić information content (AvgIpc) is 3.42. The highest BCUT2D eigenvalue weighted by Crippen LogP contribution is 2.45. The number of fused-ring (bicyclic) bond motifs is 1. The molecule has 1 aromatic heterocycles. The van der Waals surface area contributed by atoms with E-state index in [1.165, 1.54) is 30.5 Å². The lowest BCUT2D eigenvalue weighted by Crippen LogP contribution is -2.29. The first-order chi connectivity index (χ1) is 16.5. The van der Waals surface area contributed by atoms with Gasteiger partial charge in [-0.15, -0.1) is 0 Å². The molecular formula is C26H20N2O5S. The molecule has 1 N–H and O–H groups in total. The second kappa shape index (κ2) is 8.64. The van der Waals surface area contributed by atoms with Gasteiger partial charge in [0.15, 0.2) is 16.6 Å². The number of nitrogens with zero attached hydrogens (tertiary/aromatic N) is 2. The van der Waals surface area contributed by atoms with Gasteiger partial charge >= 0.3 is 5.91 Å². The van der Waals surface area contributed by atoms with Crippen LogP contribution in [-0.2, 0) is 9.59 Å². The third kappa shape index (κ3) is 3.48. The first-order valence-corrected chi connectivity index (χ1v) is 11.3. The van der Waals surface area contributed by atoms with Gasteiger partial charge in [0.1, 0.15) is 5.76 Å². The van der Waals surface area contributed by atoms with Crippen molar-refractivity contribution in [2.45, 2.75) is 6.04 Å². The van der Waals surface area contributed by atoms with Crippen molar-refractivity contribution >= 4 is 44.1 Å². The van der Waals surface area contributed by atoms with Crippen molar-refractivity contribution in [3.05, 3.63) is 89.5 Å². The van der Waals surface area contributed by atoms with E-state index in [1.807, 2.05) is 30.3 Å². The van der Waals surface area contributed by atoms with E-state index in [2.05, 4.69) is 4.98 Å². The Morgan fingerprint density at radius 3 is 2.35 bits per heavy atom. The summed E-state index contributed by atoms with van der Waals surface area (Å²) in [6, 6.07) is 20.4. The number of rotatable bonds is 5. The van der Waals surface area contributed by atoms with Gasteiger partial charge in [0.05, 0.1) is 36.1 Å². The zero-order chi connectivity index (χ0) is 23.8. The fourth-order valence-electron chi connectivity index (χ4n) is 4.08. The molecule has 1 atom stereocenters. The molecule has 1 aliphatic rings. The van der Waals surface area contributed by atoms with Crippen LogP contribution in [0, 0.1) is 0 Å². The van der Waals surface area contributed by atoms with E-state index in [0.29, 0.717) is 27.8 Å². The van der Waals surface area contributed by atoms with Gasteiger partial charge in [0.25, 0.3) is 5.78 Å². The number of benzene rings is 3. The zero-order valence-electron chi connectivity index (χ0n) is 18.4. The Labute approximate surface area is 199 Å². The van der Waals surface area contributed by atoms with Gasteiger partial charge in [0.2, 0.25) is 0 Å². The summed E-state index contributed by atoms with van der Waals surface area (Å²) in [7, 11) is 3.04. The molecule has 4 aromatic rings. The predicted octanol–water partition coefficient (Wildman–Crippen LogP) is 4.94. The lowest BCUT2D eigenvalue weighted by Gasteiger charge is -2.23. The summed E-state index contributed by atoms with van der Waals surface area (Å²) < 4.78 is 11.7. The molecule has 170 valence electrons. The zero-order valence-corrected chi connectivity index (χ0v) is 19.2. The molecule has 8 heteroatoms. The maximum Gasteiger partial charge on any atom is 0.301 e. The molecule has 5 rings (SSSR count). The third-order valence-electron chi connectivity index (χ3n) is 5.70. The molecule has 7 nitrogen and oxygen atoms in total. The number of carbonyl (C=O) groups excluding carboxylic acids is 2. The monoisotopic (exact) mass is 472 g/mol. The highest BCUT2D eigenvalue weighted by atomic mass is 32.1. The number of anilines is 1. The second-order valence-electron chi connectivity index (χ2n) is 7.61. The van der Waals surface area contributed by atoms with Gasteiger partial charge in [-0.1, -0.05) is 59.9 Å². The Morgan fingerprint density at radius 1 is 0.941 bits per heavy atom. The Balaban J connectivity index is 1.75. The number of Topliss-reactive ketones (excluding diaryl/α,β-unsaturated/α-hetero) is 1. The van der Waals surface area contributed by atoms with Crippen molar-refractivity contribution < 1.29 is 24.2 Å². The molecule has 0 bridgehead atoms. The van der Waals surface area contributed by atoms with Crippen molar-refractivity contribution in [2.24, 2.45) is 0 Å². The number of amides is 1. The van der Waals surface area contributed by atoms with Crippen molar-refractivity contribution in [2.75, 3.05) is 19.1 Å². The minimum Gasteiger partial charge on any atom is -0.507 e. The van der Waals surface area contributed by atoms with E-state index in [1.54, 1.807) is 42.5 Å². The fourth-order valence-corrected chi connectivity index (χ4v) is 5.07. The number of aliphatic hydroxyl groups is 1. The number of thiazole rings is 1. The number of methoxy groups -OCH3 is 2. The number of ether oxygens (including phenoxy) is 2. The van der Waals surface area contributed by atoms with Crippen LogP contribution >= 0.6 is 11.3 Å². The van der Waals surface area contributed by atoms with Gasteiger partial charge in [0, 0.05) is 5.56 Å². The number of aromatic nitrogens is 1. The van der Waals surface area contributed by atoms with Gasteiger partial charge in [-0.25, -0.2) is 4.98 Å². The fraction of sp³-hybridized carbons (Fsp3) is 0.115. The molecule has 0 radical (unpaired) electrons. The van der Waals surface area contributed by atoms with Crippen molar-refractivity contribution in [3.8, 4) is 11.5 Å². The Hall–Kier alpha value is -4.17. The lowest BCUT2D eigenvalue weighted by molar-refractivity contribution is -0.132. The molecule has 1 fully saturated rings. The summed E-state index contributed by atoms with van der Waals surface area (Å²) in [4.78, 5) is 32.6. The van der Waals surface area contributed by atoms with E-state index in [0.717, 1.165) is 10.2 Å². The molecule has 0 unspecified atom stereocenters. The van der Waals surface area contributed by atoms with Gasteiger partial charge in [-0.2, -0.15) is 0 Å². The normalized spacial score (nSPS) is 17.4. The number of ketones is 1. The molecule has 2 heterocycles. The van der Waals surface area contributed by atoms with Gasteiger partial charge in [-0.3, -0.25) is 14.5 Å². The van der Waals surface area contributed by atoms with Crippen molar-refractivity contribution in [1.82, 2.24) is 4.98 Å². The molecule has 1 saturated heterocycles. The Morgan fingerprint density at radius 2 is 1.65 bits per heavy atom. The number of carbonyl (C=O) groups is 2. The summed E-state index contributed by atoms with van der Waals surface area (Å²) in [6.07, 6.45) is 0. The SMILES string of the molecule is COc1ccc([C@@H]2C(=C(O)c3ccccc3)C(=O)C(=O)N2c2nc3ccccc3s2)cc1OC. The third-order valence-corrected chi connectivity index (χ3v) is 6.74. The molecule has 34 heavy (non-hydrogen) atoms. The summed E-state index contributed by atoms with van der Waals surface area (Å²) in [5, 5.41) is 11.5. The van der Waals surface area contributed by atoms with Crippen LogP contribution < -0.4 is 14.4 Å². The van der Waals surface area contributed by atoms with Gasteiger partial charge in [-0.05, 0) is 29.8 Å². The van der Waals surface area contributed by atoms with Crippen LogP contribution in [0.5, 0.6) is 11.5 Å². The topological polar surface area (TPSA) is 89.0 Å². The highest BCUT2D eigenvalue weighted by Gasteiger charge is 2.48. The number of hydrogen-bond donors (Lipinski definition) is 1. The van der Waals surface area contributed by atoms with Gasteiger partial charge < -0.3 is 14.6 Å². The average molecular weight is 473 g/mol. The number of hydrogen-bond acceptors (Lipinski definition) is 7. The molecular weight excluding hydrogens is 452 g/mol. The Kier molecular flexibility index (Phi) is 5.51. The minimum absolute atomic E-state index is 0.0114. The predicted molar refractivity (Wildman–Crippen MR) is 130 cm³/mol. The maximum absolute atomic E-state index is 13.3. The quantitative estimate of drug-likeness (QED) is 0.251. The summed E-state index contributed by atoms with van der Waals surface area (Å²) in [5.74, 6) is -0.833. The summed E-state index contributed by atoms with van der Waals surface area (Å²) in [6.45, 7) is 0. The van der Waals surface area contributed by atoms with Crippen LogP contribution in [-0.4, -0.2) is 36.0 Å². The molecule has 1 aliphatic heterocycles. The smallest absolute Gasteiger partial charge is 0.301 e. The molecule has 0 spiro atoms. The van der Waals surface area contributed by atoms with E-state index >= 15 is 0 Å². The van der Waals surface area contributed by atoms with Crippen LogP contribution in [0.2, 0.25) is 0 Å². The Bertz CT molecular complexity index is 1410. The van der Waals surface area contributed by atoms with Crippen molar-refractivity contribution in [3.63, 3.8) is 0 Å². The van der Waals surface area contributed by atoms with E-state index < -0.39 is 17.7 Å². The molecule has 0 aliphatic carbocycles. The van der Waals surface area contributed by atoms with Crippen LogP contribution in [0.15, 0.2) is 78.4 Å². The molecule has 3 aromatic carbocycles. The summed E-state index contributed by atoms with van der Waals surface area (Å²) in [5.41, 5.74) is 1.73. The van der Waals surface area contributed by atoms with E-state index in [4.69, 9.17) is 9.47 Å². The van der Waals surface area contributed by atoms with Crippen LogP contribution in [0.1, 0.15) is 17.2 Å². The first kappa shape index (κ1) is 21.7. The largest absolute Gasteiger partial charge is 0.507 e. The van der Waals surface area contributed by atoms with Crippen molar-refractivity contribution in [1.29, 1.82) is 0 Å².